The summed E-state index contributed by atoms with van der Waals surface area (Å²) >= 11 is 0. The van der Waals surface area contributed by atoms with E-state index in [4.69, 9.17) is 4.74 Å². The maximum atomic E-state index is 15.5. The summed E-state index contributed by atoms with van der Waals surface area (Å²) in [4.78, 5) is 31.5. The Morgan fingerprint density at radius 1 is 0.782 bits per heavy atom. The lowest BCUT2D eigenvalue weighted by Crippen LogP contribution is -2.67. The number of rotatable bonds is 8. The average Bonchev–Trinajstić information content (AvgIpc) is 3.43. The molecule has 7 saturated carbocycles. The van der Waals surface area contributed by atoms with Crippen LogP contribution in [0, 0.1) is 56.7 Å². The van der Waals surface area contributed by atoms with Gasteiger partial charge < -0.3 is 19.8 Å². The molecule has 10 aliphatic rings. The Kier molecular flexibility index (Phi) is 8.14. The Morgan fingerprint density at radius 3 is 2.13 bits per heavy atom. The van der Waals surface area contributed by atoms with Gasteiger partial charge in [-0.3, -0.25) is 4.79 Å². The smallest absolute Gasteiger partial charge is 0.409 e. The summed E-state index contributed by atoms with van der Waals surface area (Å²) in [6.07, 6.45) is 19.5. The molecular weight excluding hydrogens is 683 g/mol. The van der Waals surface area contributed by atoms with E-state index in [0.717, 1.165) is 66.6 Å². The summed E-state index contributed by atoms with van der Waals surface area (Å²) < 4.78 is 5.79. The van der Waals surface area contributed by atoms with Gasteiger partial charge >= 0.3 is 6.09 Å². The van der Waals surface area contributed by atoms with E-state index in [1.165, 1.54) is 38.5 Å². The molecule has 10 aliphatic carbocycles. The van der Waals surface area contributed by atoms with E-state index in [2.05, 4.69) is 50.3 Å². The van der Waals surface area contributed by atoms with E-state index >= 15 is 4.79 Å². The van der Waals surface area contributed by atoms with E-state index in [1.807, 2.05) is 48.2 Å². The van der Waals surface area contributed by atoms with Crippen LogP contribution in [0.5, 0.6) is 0 Å². The fourth-order valence-corrected chi connectivity index (χ4v) is 15.9. The number of nitrogens with zero attached hydrogens (tertiary/aromatic N) is 1. The highest BCUT2D eigenvalue weighted by Crippen LogP contribution is 2.78. The Bertz CT molecular complexity index is 1920. The number of benzene rings is 2. The molecule has 0 heterocycles. The predicted octanol–water partition coefficient (Wildman–Crippen LogP) is 9.80. The van der Waals surface area contributed by atoms with Crippen LogP contribution >= 0.6 is 0 Å². The molecule has 0 aliphatic heterocycles. The Morgan fingerprint density at radius 2 is 1.42 bits per heavy atom. The second-order valence-electron chi connectivity index (χ2n) is 20.5. The van der Waals surface area contributed by atoms with Gasteiger partial charge in [0.2, 0.25) is 0 Å². The number of ether oxygens (including phenoxy) is 1. The number of aliphatic hydroxyl groups is 2. The van der Waals surface area contributed by atoms with E-state index in [-0.39, 0.29) is 41.1 Å². The highest BCUT2D eigenvalue weighted by Gasteiger charge is 2.74. The van der Waals surface area contributed by atoms with Gasteiger partial charge in [-0.05, 0) is 142 Å². The topological polar surface area (TPSA) is 87.1 Å². The zero-order chi connectivity index (χ0) is 38.0. The molecule has 292 valence electrons. The second-order valence-corrected chi connectivity index (χ2v) is 20.5. The van der Waals surface area contributed by atoms with Gasteiger partial charge in [0.05, 0.1) is 24.9 Å². The van der Waals surface area contributed by atoms with Gasteiger partial charge in [-0.2, -0.15) is 0 Å². The number of hydrogen-bond acceptors (Lipinski definition) is 5. The maximum absolute atomic E-state index is 15.5. The predicted molar refractivity (Wildman–Crippen MR) is 214 cm³/mol. The summed E-state index contributed by atoms with van der Waals surface area (Å²) in [5.74, 6) is 2.62. The fraction of sp³-hybridized carbons (Fsp3) is 0.633. The van der Waals surface area contributed by atoms with Gasteiger partial charge in [0.25, 0.3) is 0 Å². The van der Waals surface area contributed by atoms with E-state index in [9.17, 15) is 15.0 Å². The van der Waals surface area contributed by atoms with Crippen molar-refractivity contribution in [3.63, 3.8) is 0 Å². The summed E-state index contributed by atoms with van der Waals surface area (Å²) in [5, 5.41) is 24.5. The molecular formula is C49H61NO5. The minimum atomic E-state index is -1.12. The fourth-order valence-electron chi connectivity index (χ4n) is 15.9. The van der Waals surface area contributed by atoms with Gasteiger partial charge in [-0.15, -0.1) is 0 Å². The number of hydrogen-bond donors (Lipinski definition) is 2. The molecule has 2 aromatic carbocycles. The number of carbonyl (C=O) groups is 2. The minimum Gasteiger partial charge on any atom is -0.450 e. The molecule has 2 spiro atoms. The molecule has 1 unspecified atom stereocenters. The monoisotopic (exact) mass is 743 g/mol. The standard InChI is InChI=1S/C49H61NO5/c1-4-55-43(53)50(30-46-25-32-22-33(26-46)24-34(23-32)27-46)31-48(54)19-16-41-45(48,3)18-15-40-44(2)17-14-36(51)28-47(44)20-21-49(40,41)39(29-47)42(52)38-13-9-8-12-37(38)35-10-6-5-7-11-35/h5-13,20-21,29,32-34,36,40-41,51,54H,4,14-19,22-28,30-31H2,1-3H3/t32?,33?,34?,36?,40-,41-,44-,45+,46?,47+,48-,49-/m1/s1. The minimum absolute atomic E-state index is 0.0182. The first kappa shape index (κ1) is 36.1. The maximum Gasteiger partial charge on any atom is 0.409 e. The van der Waals surface area contributed by atoms with Crippen LogP contribution in [0.3, 0.4) is 0 Å². The molecule has 6 heteroatoms. The summed E-state index contributed by atoms with van der Waals surface area (Å²) in [6.45, 7) is 7.89. The molecule has 6 nitrogen and oxygen atoms in total. The summed E-state index contributed by atoms with van der Waals surface area (Å²) in [7, 11) is 0. The zero-order valence-corrected chi connectivity index (χ0v) is 33.3. The first-order chi connectivity index (χ1) is 26.4. The first-order valence-electron chi connectivity index (χ1n) is 21.8. The molecule has 0 aromatic heterocycles. The molecule has 6 bridgehead atoms. The summed E-state index contributed by atoms with van der Waals surface area (Å²) in [6, 6.07) is 18.3. The van der Waals surface area contributed by atoms with Crippen LogP contribution in [-0.2, 0) is 4.74 Å². The van der Waals surface area contributed by atoms with Gasteiger partial charge in [0.15, 0.2) is 5.78 Å². The lowest BCUT2D eigenvalue weighted by molar-refractivity contribution is -0.177. The quantitative estimate of drug-likeness (QED) is 0.208. The highest BCUT2D eigenvalue weighted by atomic mass is 16.6. The van der Waals surface area contributed by atoms with Gasteiger partial charge in [-0.1, -0.05) is 86.7 Å². The molecule has 1 amide bonds. The van der Waals surface area contributed by atoms with Crippen molar-refractivity contribution in [3.05, 3.63) is 84.0 Å². The first-order valence-corrected chi connectivity index (χ1v) is 21.8. The lowest BCUT2D eigenvalue weighted by atomic mass is 9.32. The molecule has 2 N–H and O–H groups in total. The third kappa shape index (κ3) is 5.04. The van der Waals surface area contributed by atoms with Crippen LogP contribution in [0.25, 0.3) is 11.1 Å². The van der Waals surface area contributed by atoms with Crippen molar-refractivity contribution in [2.45, 2.75) is 116 Å². The Hall–Kier alpha value is -3.22. The van der Waals surface area contributed by atoms with Crippen molar-refractivity contribution in [2.75, 3.05) is 19.7 Å². The number of allylic oxidation sites excluding steroid dienone is 4. The Labute approximate surface area is 327 Å². The van der Waals surface area contributed by atoms with Crippen molar-refractivity contribution in [1.82, 2.24) is 4.90 Å². The number of Topliss-reactive ketones (excluding diaryl/α,β-unsaturated/α-hetero) is 1. The van der Waals surface area contributed by atoms with Crippen LogP contribution in [0.4, 0.5) is 4.79 Å². The van der Waals surface area contributed by atoms with Crippen molar-refractivity contribution in [2.24, 2.45) is 56.7 Å². The molecule has 2 aromatic rings. The van der Waals surface area contributed by atoms with Crippen molar-refractivity contribution >= 4 is 11.9 Å². The summed E-state index contributed by atoms with van der Waals surface area (Å²) in [5.41, 5.74) is 0.951. The van der Waals surface area contributed by atoms with Crippen LogP contribution in [-0.4, -0.2) is 58.4 Å². The molecule has 0 radical (unpaired) electrons. The number of carbonyl (C=O) groups excluding carboxylic acids is 2. The third-order valence-electron chi connectivity index (χ3n) is 17.9. The van der Waals surface area contributed by atoms with Gasteiger partial charge in [0, 0.05) is 33.9 Å². The zero-order valence-electron chi connectivity index (χ0n) is 33.3. The number of fused-ring (bicyclic) bond motifs is 1. The van der Waals surface area contributed by atoms with E-state index < -0.39 is 27.9 Å². The van der Waals surface area contributed by atoms with Gasteiger partial charge in [0.1, 0.15) is 0 Å². The highest BCUT2D eigenvalue weighted by molar-refractivity contribution is 6.14. The SMILES string of the molecule is CCOC(=O)N(CC12CC3CC(CC(C3)C1)C2)C[C@]1(O)CC[C@H]2[C@]34C=C[C@@]5(C=C3C(=O)c3ccccc3-c3ccccc3)CC(O)CC[C@]5(C)[C@H]4CC[C@@]21C. The number of aliphatic hydroxyl groups excluding tert-OH is 1. The van der Waals surface area contributed by atoms with Crippen LogP contribution in [0.1, 0.15) is 115 Å². The van der Waals surface area contributed by atoms with Crippen LogP contribution in [0.2, 0.25) is 0 Å². The Balaban J connectivity index is 1.05. The molecule has 12 rings (SSSR count). The number of amides is 1. The van der Waals surface area contributed by atoms with Crippen molar-refractivity contribution < 1.29 is 24.5 Å². The van der Waals surface area contributed by atoms with Crippen LogP contribution in [0.15, 0.2) is 78.4 Å². The third-order valence-corrected chi connectivity index (χ3v) is 17.9. The molecule has 55 heavy (non-hydrogen) atoms. The van der Waals surface area contributed by atoms with E-state index in [0.29, 0.717) is 31.6 Å². The number of ketones is 1. The molecule has 8 atom stereocenters. The molecule has 7 fully saturated rings. The van der Waals surface area contributed by atoms with E-state index in [1.54, 1.807) is 0 Å². The normalized spacial score (nSPS) is 44.3. The largest absolute Gasteiger partial charge is 0.450 e. The molecule has 0 saturated heterocycles. The van der Waals surface area contributed by atoms with Crippen molar-refractivity contribution in [3.8, 4) is 11.1 Å². The second kappa shape index (κ2) is 12.4. The lowest BCUT2D eigenvalue weighted by Gasteiger charge is -2.71. The van der Waals surface area contributed by atoms with Crippen LogP contribution < -0.4 is 0 Å². The average molecular weight is 744 g/mol. The van der Waals surface area contributed by atoms with Crippen molar-refractivity contribution in [1.29, 1.82) is 0 Å². The van der Waals surface area contributed by atoms with Gasteiger partial charge in [-0.25, -0.2) is 4.79 Å².